The molecule has 0 bridgehead atoms. The van der Waals surface area contributed by atoms with Crippen LogP contribution in [0, 0.1) is 11.8 Å². The van der Waals surface area contributed by atoms with Crippen molar-refractivity contribution in [3.63, 3.8) is 0 Å². The van der Waals surface area contributed by atoms with Crippen LogP contribution >= 0.6 is 11.3 Å². The molecule has 0 amide bonds. The van der Waals surface area contributed by atoms with Gasteiger partial charge >= 0.3 is 0 Å². The van der Waals surface area contributed by atoms with Crippen molar-refractivity contribution in [2.45, 2.75) is 45.1 Å². The molecular formula is C12H19NOS. The van der Waals surface area contributed by atoms with Crippen LogP contribution in [-0.2, 0) is 6.42 Å². The molecule has 1 fully saturated rings. The molecule has 0 radical (unpaired) electrons. The van der Waals surface area contributed by atoms with E-state index in [1.165, 1.54) is 6.42 Å². The number of aromatic nitrogens is 1. The van der Waals surface area contributed by atoms with Gasteiger partial charge in [-0.1, -0.05) is 13.8 Å². The standard InChI is InChI=1S/C12H19NOS/c1-9-5-10(2)7-12(14,6-9)8-11-13-3-4-15-11/h3-4,9-10,14H,5-8H2,1-2H3. The summed E-state index contributed by atoms with van der Waals surface area (Å²) in [5.74, 6) is 1.28. The molecule has 1 aliphatic rings. The lowest BCUT2D eigenvalue weighted by atomic mass is 9.72. The van der Waals surface area contributed by atoms with E-state index in [1.807, 2.05) is 11.6 Å². The molecule has 0 aliphatic heterocycles. The van der Waals surface area contributed by atoms with E-state index < -0.39 is 5.60 Å². The number of aliphatic hydroxyl groups is 1. The van der Waals surface area contributed by atoms with Gasteiger partial charge in [0.05, 0.1) is 10.6 Å². The summed E-state index contributed by atoms with van der Waals surface area (Å²) in [5.41, 5.74) is -0.505. The SMILES string of the molecule is CC1CC(C)CC(O)(Cc2nccs2)C1. The number of rotatable bonds is 2. The molecule has 0 spiro atoms. The van der Waals surface area contributed by atoms with Gasteiger partial charge < -0.3 is 5.11 Å². The van der Waals surface area contributed by atoms with Crippen molar-refractivity contribution in [1.82, 2.24) is 4.98 Å². The molecule has 1 heterocycles. The van der Waals surface area contributed by atoms with E-state index >= 15 is 0 Å². The van der Waals surface area contributed by atoms with Gasteiger partial charge in [0.1, 0.15) is 0 Å². The van der Waals surface area contributed by atoms with Crippen molar-refractivity contribution >= 4 is 11.3 Å². The molecule has 3 heteroatoms. The van der Waals surface area contributed by atoms with Crippen LogP contribution < -0.4 is 0 Å². The third kappa shape index (κ3) is 2.79. The third-order valence-corrected chi connectivity index (χ3v) is 4.00. The lowest BCUT2D eigenvalue weighted by Crippen LogP contribution is -2.39. The van der Waals surface area contributed by atoms with Crippen molar-refractivity contribution in [2.75, 3.05) is 0 Å². The topological polar surface area (TPSA) is 33.1 Å². The van der Waals surface area contributed by atoms with Crippen molar-refractivity contribution in [2.24, 2.45) is 11.8 Å². The Morgan fingerprint density at radius 3 is 2.67 bits per heavy atom. The highest BCUT2D eigenvalue weighted by molar-refractivity contribution is 7.09. The molecule has 0 saturated heterocycles. The lowest BCUT2D eigenvalue weighted by molar-refractivity contribution is -0.0304. The minimum atomic E-state index is -0.505. The minimum Gasteiger partial charge on any atom is -0.389 e. The maximum Gasteiger partial charge on any atom is 0.0953 e. The van der Waals surface area contributed by atoms with Crippen LogP contribution in [0.2, 0.25) is 0 Å². The average molecular weight is 225 g/mol. The van der Waals surface area contributed by atoms with Crippen LogP contribution in [0.4, 0.5) is 0 Å². The Bertz CT molecular complexity index is 299. The van der Waals surface area contributed by atoms with Crippen LogP contribution in [0.5, 0.6) is 0 Å². The summed E-state index contributed by atoms with van der Waals surface area (Å²) in [4.78, 5) is 4.26. The van der Waals surface area contributed by atoms with Crippen molar-refractivity contribution < 1.29 is 5.11 Å². The maximum absolute atomic E-state index is 10.6. The zero-order valence-corrected chi connectivity index (χ0v) is 10.3. The first-order chi connectivity index (χ1) is 7.07. The van der Waals surface area contributed by atoms with Crippen LogP contribution in [-0.4, -0.2) is 15.7 Å². The van der Waals surface area contributed by atoms with E-state index in [4.69, 9.17) is 0 Å². The Hall–Kier alpha value is -0.410. The zero-order valence-electron chi connectivity index (χ0n) is 9.44. The van der Waals surface area contributed by atoms with E-state index in [0.717, 1.165) is 24.3 Å². The Morgan fingerprint density at radius 1 is 1.47 bits per heavy atom. The third-order valence-electron chi connectivity index (χ3n) is 3.23. The first-order valence-corrected chi connectivity index (χ1v) is 6.56. The minimum absolute atomic E-state index is 0.505. The molecule has 2 atom stereocenters. The van der Waals surface area contributed by atoms with E-state index in [1.54, 1.807) is 11.3 Å². The summed E-state index contributed by atoms with van der Waals surface area (Å²) in [6, 6.07) is 0. The summed E-state index contributed by atoms with van der Waals surface area (Å²) >= 11 is 1.65. The lowest BCUT2D eigenvalue weighted by Gasteiger charge is -2.38. The summed E-state index contributed by atoms with van der Waals surface area (Å²) in [6.07, 6.45) is 5.66. The van der Waals surface area contributed by atoms with Gasteiger partial charge in [-0.3, -0.25) is 0 Å². The number of thiazole rings is 1. The number of hydrogen-bond acceptors (Lipinski definition) is 3. The number of hydrogen-bond donors (Lipinski definition) is 1. The van der Waals surface area contributed by atoms with Crippen molar-refractivity contribution in [3.8, 4) is 0 Å². The second kappa shape index (κ2) is 4.22. The maximum atomic E-state index is 10.6. The Labute approximate surface area is 95.4 Å². The Kier molecular flexibility index (Phi) is 3.12. The number of nitrogens with zero attached hydrogens (tertiary/aromatic N) is 1. The van der Waals surface area contributed by atoms with Crippen molar-refractivity contribution in [1.29, 1.82) is 0 Å². The summed E-state index contributed by atoms with van der Waals surface area (Å²) in [5, 5.41) is 13.6. The Balaban J connectivity index is 2.05. The van der Waals surface area contributed by atoms with Crippen LogP contribution in [0.3, 0.4) is 0 Å². The molecule has 0 aromatic carbocycles. The molecule has 2 unspecified atom stereocenters. The molecular weight excluding hydrogens is 206 g/mol. The highest BCUT2D eigenvalue weighted by atomic mass is 32.1. The average Bonchev–Trinajstić information content (AvgIpc) is 2.52. The smallest absolute Gasteiger partial charge is 0.0953 e. The van der Waals surface area contributed by atoms with Gasteiger partial charge in [0.15, 0.2) is 0 Å². The van der Waals surface area contributed by atoms with E-state index in [-0.39, 0.29) is 0 Å². The van der Waals surface area contributed by atoms with Crippen LogP contribution in [0.25, 0.3) is 0 Å². The van der Waals surface area contributed by atoms with E-state index in [9.17, 15) is 5.11 Å². The monoisotopic (exact) mass is 225 g/mol. The van der Waals surface area contributed by atoms with Gasteiger partial charge in [-0.05, 0) is 31.1 Å². The van der Waals surface area contributed by atoms with Crippen LogP contribution in [0.1, 0.15) is 38.1 Å². The molecule has 2 nitrogen and oxygen atoms in total. The van der Waals surface area contributed by atoms with Gasteiger partial charge in [0.25, 0.3) is 0 Å². The summed E-state index contributed by atoms with van der Waals surface area (Å²) in [6.45, 7) is 4.48. The molecule has 2 rings (SSSR count). The van der Waals surface area contributed by atoms with Gasteiger partial charge in [0.2, 0.25) is 0 Å². The second-order valence-corrected chi connectivity index (χ2v) is 6.16. The van der Waals surface area contributed by atoms with Gasteiger partial charge in [0, 0.05) is 18.0 Å². The zero-order chi connectivity index (χ0) is 10.9. The fourth-order valence-electron chi connectivity index (χ4n) is 3.00. The van der Waals surface area contributed by atoms with E-state index in [0.29, 0.717) is 11.8 Å². The quantitative estimate of drug-likeness (QED) is 0.839. The normalized spacial score (nSPS) is 36.7. The fraction of sp³-hybridized carbons (Fsp3) is 0.750. The second-order valence-electron chi connectivity index (χ2n) is 5.18. The van der Waals surface area contributed by atoms with Crippen LogP contribution in [0.15, 0.2) is 11.6 Å². The highest BCUT2D eigenvalue weighted by Crippen LogP contribution is 2.38. The summed E-state index contributed by atoms with van der Waals surface area (Å²) < 4.78 is 0. The van der Waals surface area contributed by atoms with E-state index in [2.05, 4.69) is 18.8 Å². The molecule has 1 N–H and O–H groups in total. The molecule has 1 aliphatic carbocycles. The van der Waals surface area contributed by atoms with Gasteiger partial charge in [-0.2, -0.15) is 0 Å². The first-order valence-electron chi connectivity index (χ1n) is 5.68. The summed E-state index contributed by atoms with van der Waals surface area (Å²) in [7, 11) is 0. The predicted octanol–water partition coefficient (Wildman–Crippen LogP) is 2.87. The largest absolute Gasteiger partial charge is 0.389 e. The fourth-order valence-corrected chi connectivity index (χ4v) is 3.75. The first kappa shape index (κ1) is 11.1. The predicted molar refractivity (Wildman–Crippen MR) is 62.9 cm³/mol. The molecule has 15 heavy (non-hydrogen) atoms. The van der Waals surface area contributed by atoms with Gasteiger partial charge in [-0.15, -0.1) is 11.3 Å². The van der Waals surface area contributed by atoms with Crippen molar-refractivity contribution in [3.05, 3.63) is 16.6 Å². The van der Waals surface area contributed by atoms with Gasteiger partial charge in [-0.25, -0.2) is 4.98 Å². The molecule has 1 aromatic heterocycles. The molecule has 1 saturated carbocycles. The Morgan fingerprint density at radius 2 is 2.13 bits per heavy atom. The highest BCUT2D eigenvalue weighted by Gasteiger charge is 2.36. The molecule has 84 valence electrons. The molecule has 1 aromatic rings.